The Morgan fingerprint density at radius 2 is 2.10 bits per heavy atom. The molecule has 0 radical (unpaired) electrons. The summed E-state index contributed by atoms with van der Waals surface area (Å²) < 4.78 is 1.80. The van der Waals surface area contributed by atoms with E-state index in [-0.39, 0.29) is 17.9 Å². The van der Waals surface area contributed by atoms with Crippen molar-refractivity contribution in [2.75, 3.05) is 19.6 Å². The van der Waals surface area contributed by atoms with Gasteiger partial charge in [0, 0.05) is 43.0 Å². The van der Waals surface area contributed by atoms with Crippen molar-refractivity contribution >= 4 is 23.4 Å². The van der Waals surface area contributed by atoms with Crippen LogP contribution < -0.4 is 5.32 Å². The van der Waals surface area contributed by atoms with Crippen molar-refractivity contribution in [2.45, 2.75) is 38.9 Å². The van der Waals surface area contributed by atoms with Crippen molar-refractivity contribution in [1.82, 2.24) is 24.9 Å². The van der Waals surface area contributed by atoms with Gasteiger partial charge >= 0.3 is 0 Å². The first-order valence-corrected chi connectivity index (χ1v) is 10.4. The van der Waals surface area contributed by atoms with Crippen LogP contribution in [0.1, 0.15) is 25.8 Å². The summed E-state index contributed by atoms with van der Waals surface area (Å²) in [4.78, 5) is 29.4. The molecule has 0 saturated carbocycles. The van der Waals surface area contributed by atoms with Crippen LogP contribution in [0, 0.1) is 5.92 Å². The van der Waals surface area contributed by atoms with E-state index in [1.54, 1.807) is 9.58 Å². The molecule has 1 aromatic heterocycles. The van der Waals surface area contributed by atoms with Gasteiger partial charge in [0.05, 0.1) is 11.9 Å². The van der Waals surface area contributed by atoms with Gasteiger partial charge in [0.15, 0.2) is 0 Å². The van der Waals surface area contributed by atoms with Crippen molar-refractivity contribution in [1.29, 1.82) is 0 Å². The number of benzene rings is 1. The fraction of sp³-hybridized carbons (Fsp3) is 0.476. The number of piperazine rings is 2. The molecule has 2 amide bonds. The summed E-state index contributed by atoms with van der Waals surface area (Å²) in [7, 11) is 0. The monoisotopic (exact) mass is 415 g/mol. The molecule has 2 atom stereocenters. The highest BCUT2D eigenvalue weighted by atomic mass is 35.5. The van der Waals surface area contributed by atoms with Gasteiger partial charge in [-0.1, -0.05) is 31.5 Å². The van der Waals surface area contributed by atoms with Gasteiger partial charge in [0.25, 0.3) is 0 Å². The fourth-order valence-electron chi connectivity index (χ4n) is 4.09. The van der Waals surface area contributed by atoms with Gasteiger partial charge < -0.3 is 10.2 Å². The molecule has 29 heavy (non-hydrogen) atoms. The number of rotatable bonds is 5. The molecular weight excluding hydrogens is 390 g/mol. The van der Waals surface area contributed by atoms with E-state index in [4.69, 9.17) is 11.6 Å². The Hall–Kier alpha value is -2.38. The minimum absolute atomic E-state index is 0.0467. The van der Waals surface area contributed by atoms with Crippen molar-refractivity contribution in [3.8, 4) is 5.69 Å². The SMILES string of the molecule is CC(C)C[C@@H]1NC(=O)[C@H]2CN(Cc3cnn(-c4cccc(Cl)c4)c3)CCN2C1=O. The van der Waals surface area contributed by atoms with Gasteiger partial charge in [0.2, 0.25) is 11.8 Å². The lowest BCUT2D eigenvalue weighted by Gasteiger charge is -2.45. The van der Waals surface area contributed by atoms with Crippen LogP contribution in [-0.4, -0.2) is 63.1 Å². The zero-order valence-electron chi connectivity index (χ0n) is 16.7. The fourth-order valence-corrected chi connectivity index (χ4v) is 4.28. The van der Waals surface area contributed by atoms with Gasteiger partial charge in [0.1, 0.15) is 12.1 Å². The smallest absolute Gasteiger partial charge is 0.245 e. The predicted octanol–water partition coefficient (Wildman–Crippen LogP) is 2.08. The van der Waals surface area contributed by atoms with E-state index in [0.717, 1.165) is 17.8 Å². The highest BCUT2D eigenvalue weighted by molar-refractivity contribution is 6.30. The first kappa shape index (κ1) is 19.9. The number of carbonyl (C=O) groups excluding carboxylic acids is 2. The third-order valence-corrected chi connectivity index (χ3v) is 5.72. The molecule has 0 spiro atoms. The summed E-state index contributed by atoms with van der Waals surface area (Å²) in [6, 6.07) is 6.74. The molecular formula is C21H26ClN5O2. The molecule has 1 aromatic carbocycles. The van der Waals surface area contributed by atoms with Crippen LogP contribution in [0.2, 0.25) is 5.02 Å². The number of nitrogens with zero attached hydrogens (tertiary/aromatic N) is 4. The molecule has 1 N–H and O–H groups in total. The molecule has 2 aliphatic rings. The van der Waals surface area contributed by atoms with Crippen molar-refractivity contribution in [3.05, 3.63) is 47.2 Å². The maximum Gasteiger partial charge on any atom is 0.245 e. The van der Waals surface area contributed by atoms with Crippen LogP contribution in [0.3, 0.4) is 0 Å². The largest absolute Gasteiger partial charge is 0.342 e. The number of carbonyl (C=O) groups is 2. The molecule has 2 saturated heterocycles. The van der Waals surface area contributed by atoms with Crippen molar-refractivity contribution in [3.63, 3.8) is 0 Å². The lowest BCUT2D eigenvalue weighted by atomic mass is 9.97. The number of fused-ring (bicyclic) bond motifs is 1. The van der Waals surface area contributed by atoms with Crippen LogP contribution in [0.15, 0.2) is 36.7 Å². The molecule has 3 heterocycles. The molecule has 8 heteroatoms. The number of nitrogens with one attached hydrogen (secondary N) is 1. The molecule has 2 fully saturated rings. The third-order valence-electron chi connectivity index (χ3n) is 5.49. The summed E-state index contributed by atoms with van der Waals surface area (Å²) in [6.07, 6.45) is 4.49. The van der Waals surface area contributed by atoms with Crippen LogP contribution in [0.25, 0.3) is 5.69 Å². The number of aromatic nitrogens is 2. The first-order valence-electron chi connectivity index (χ1n) is 10.0. The van der Waals surface area contributed by atoms with E-state index < -0.39 is 6.04 Å². The van der Waals surface area contributed by atoms with Gasteiger partial charge in [-0.25, -0.2) is 4.68 Å². The Morgan fingerprint density at radius 3 is 2.86 bits per heavy atom. The molecule has 0 unspecified atom stereocenters. The standard InChI is InChI=1S/C21H26ClN5O2/c1-14(2)8-18-21(29)26-7-6-25(13-19(26)20(28)24-18)11-15-10-23-27(12-15)17-5-3-4-16(22)9-17/h3-5,9-10,12,14,18-19H,6-8,11,13H2,1-2H3,(H,24,28)/t18-,19+/m0/s1. The Balaban J connectivity index is 1.41. The van der Waals surface area contributed by atoms with E-state index in [0.29, 0.717) is 37.0 Å². The normalized spacial score (nSPS) is 22.7. The summed E-state index contributed by atoms with van der Waals surface area (Å²) in [5.74, 6) is 0.365. The van der Waals surface area contributed by atoms with E-state index in [1.165, 1.54) is 0 Å². The lowest BCUT2D eigenvalue weighted by Crippen LogP contribution is -2.69. The Labute approximate surface area is 175 Å². The summed E-state index contributed by atoms with van der Waals surface area (Å²) in [5, 5.41) is 8.02. The molecule has 7 nitrogen and oxygen atoms in total. The van der Waals surface area contributed by atoms with Crippen LogP contribution in [-0.2, 0) is 16.1 Å². The maximum absolute atomic E-state index is 12.8. The topological polar surface area (TPSA) is 70.5 Å². The quantitative estimate of drug-likeness (QED) is 0.811. The third kappa shape index (κ3) is 4.31. The average Bonchev–Trinajstić information content (AvgIpc) is 3.14. The molecule has 2 aliphatic heterocycles. The molecule has 4 rings (SSSR count). The van der Waals surface area contributed by atoms with Gasteiger partial charge in [-0.3, -0.25) is 14.5 Å². The zero-order chi connectivity index (χ0) is 20.5. The van der Waals surface area contributed by atoms with Crippen molar-refractivity contribution < 1.29 is 9.59 Å². The van der Waals surface area contributed by atoms with Gasteiger partial charge in [-0.2, -0.15) is 5.10 Å². The molecule has 2 aromatic rings. The van der Waals surface area contributed by atoms with Crippen LogP contribution in [0.5, 0.6) is 0 Å². The van der Waals surface area contributed by atoms with Crippen LogP contribution in [0.4, 0.5) is 0 Å². The molecule has 154 valence electrons. The van der Waals surface area contributed by atoms with E-state index in [2.05, 4.69) is 29.2 Å². The lowest BCUT2D eigenvalue weighted by molar-refractivity contribution is -0.153. The average molecular weight is 416 g/mol. The van der Waals surface area contributed by atoms with Crippen LogP contribution >= 0.6 is 11.6 Å². The van der Waals surface area contributed by atoms with E-state index in [1.807, 2.05) is 36.7 Å². The minimum atomic E-state index is -0.414. The van der Waals surface area contributed by atoms with E-state index >= 15 is 0 Å². The maximum atomic E-state index is 12.8. The Bertz CT molecular complexity index is 912. The Morgan fingerprint density at radius 1 is 1.28 bits per heavy atom. The minimum Gasteiger partial charge on any atom is -0.342 e. The number of amides is 2. The highest BCUT2D eigenvalue weighted by Crippen LogP contribution is 2.21. The summed E-state index contributed by atoms with van der Waals surface area (Å²) in [5.41, 5.74) is 1.96. The summed E-state index contributed by atoms with van der Waals surface area (Å²) in [6.45, 7) is 6.66. The first-order chi connectivity index (χ1) is 13.9. The predicted molar refractivity (Wildman–Crippen MR) is 111 cm³/mol. The zero-order valence-corrected chi connectivity index (χ0v) is 17.5. The second-order valence-corrected chi connectivity index (χ2v) is 8.68. The van der Waals surface area contributed by atoms with Gasteiger partial charge in [-0.05, 0) is 30.5 Å². The second-order valence-electron chi connectivity index (χ2n) is 8.25. The summed E-state index contributed by atoms with van der Waals surface area (Å²) >= 11 is 6.07. The molecule has 0 bridgehead atoms. The molecule has 0 aliphatic carbocycles. The highest BCUT2D eigenvalue weighted by Gasteiger charge is 2.43. The van der Waals surface area contributed by atoms with Gasteiger partial charge in [-0.15, -0.1) is 0 Å². The van der Waals surface area contributed by atoms with Crippen molar-refractivity contribution in [2.24, 2.45) is 5.92 Å². The number of halogens is 1. The number of hydrogen-bond donors (Lipinski definition) is 1. The van der Waals surface area contributed by atoms with E-state index in [9.17, 15) is 9.59 Å². The second kappa shape index (κ2) is 8.16. The number of hydrogen-bond acceptors (Lipinski definition) is 4. The Kier molecular flexibility index (Phi) is 5.61.